The van der Waals surface area contributed by atoms with Crippen LogP contribution in [0.15, 0.2) is 47.3 Å². The van der Waals surface area contributed by atoms with Gasteiger partial charge in [-0.3, -0.25) is 0 Å². The molecule has 0 saturated carbocycles. The van der Waals surface area contributed by atoms with Gasteiger partial charge in [0.05, 0.1) is 18.6 Å². The third kappa shape index (κ3) is 3.04. The minimum Gasteiger partial charge on any atom is -0.472 e. The molecule has 2 aromatic rings. The summed E-state index contributed by atoms with van der Waals surface area (Å²) in [7, 11) is 0. The fourth-order valence-electron chi connectivity index (χ4n) is 1.68. The van der Waals surface area contributed by atoms with E-state index in [4.69, 9.17) is 10.2 Å². The number of nitrogens with two attached hydrogens (primary N) is 1. The SMILES string of the molecule is CC(Nc1cccc(NC(N)=O)c1)c1ccoc1. The molecule has 0 aliphatic carbocycles. The Morgan fingerprint density at radius 1 is 1.33 bits per heavy atom. The van der Waals surface area contributed by atoms with E-state index in [0.29, 0.717) is 5.69 Å². The van der Waals surface area contributed by atoms with E-state index in [0.717, 1.165) is 11.3 Å². The fraction of sp³-hybridized carbons (Fsp3) is 0.154. The molecule has 5 heteroatoms. The maximum atomic E-state index is 10.8. The van der Waals surface area contributed by atoms with Crippen LogP contribution in [-0.2, 0) is 0 Å². The first-order chi connectivity index (χ1) is 8.65. The molecule has 0 bridgehead atoms. The van der Waals surface area contributed by atoms with Crippen molar-refractivity contribution in [3.8, 4) is 0 Å². The summed E-state index contributed by atoms with van der Waals surface area (Å²) >= 11 is 0. The van der Waals surface area contributed by atoms with Crippen molar-refractivity contribution in [3.63, 3.8) is 0 Å². The highest BCUT2D eigenvalue weighted by molar-refractivity contribution is 5.88. The third-order valence-electron chi connectivity index (χ3n) is 2.56. The quantitative estimate of drug-likeness (QED) is 0.774. The van der Waals surface area contributed by atoms with Crippen LogP contribution < -0.4 is 16.4 Å². The molecule has 0 aliphatic rings. The summed E-state index contributed by atoms with van der Waals surface area (Å²) in [6.07, 6.45) is 3.34. The van der Waals surface area contributed by atoms with Crippen LogP contribution >= 0.6 is 0 Å². The second-order valence-corrected chi connectivity index (χ2v) is 3.99. The molecule has 1 aromatic carbocycles. The molecule has 5 nitrogen and oxygen atoms in total. The Bertz CT molecular complexity index is 523. The van der Waals surface area contributed by atoms with Gasteiger partial charge in [0.15, 0.2) is 0 Å². The van der Waals surface area contributed by atoms with Crippen LogP contribution in [0.5, 0.6) is 0 Å². The second kappa shape index (κ2) is 5.27. The summed E-state index contributed by atoms with van der Waals surface area (Å²) in [5, 5.41) is 5.84. The molecule has 2 amide bonds. The van der Waals surface area contributed by atoms with Crippen LogP contribution in [0.3, 0.4) is 0 Å². The largest absolute Gasteiger partial charge is 0.472 e. The van der Waals surface area contributed by atoms with Gasteiger partial charge in [-0.15, -0.1) is 0 Å². The van der Waals surface area contributed by atoms with Crippen molar-refractivity contribution in [2.75, 3.05) is 10.6 Å². The van der Waals surface area contributed by atoms with E-state index in [1.165, 1.54) is 0 Å². The number of primary amides is 1. The molecule has 94 valence electrons. The maximum Gasteiger partial charge on any atom is 0.316 e. The van der Waals surface area contributed by atoms with Gasteiger partial charge in [-0.1, -0.05) is 6.07 Å². The highest BCUT2D eigenvalue weighted by Crippen LogP contribution is 2.21. The second-order valence-electron chi connectivity index (χ2n) is 3.99. The van der Waals surface area contributed by atoms with Crippen molar-refractivity contribution in [2.24, 2.45) is 5.73 Å². The van der Waals surface area contributed by atoms with Crippen molar-refractivity contribution in [1.29, 1.82) is 0 Å². The van der Waals surface area contributed by atoms with Gasteiger partial charge in [-0.25, -0.2) is 4.79 Å². The molecule has 0 fully saturated rings. The van der Waals surface area contributed by atoms with Crippen molar-refractivity contribution < 1.29 is 9.21 Å². The van der Waals surface area contributed by atoms with Gasteiger partial charge in [0.25, 0.3) is 0 Å². The Hall–Kier alpha value is -2.43. The molecule has 1 unspecified atom stereocenters. The zero-order chi connectivity index (χ0) is 13.0. The number of anilines is 2. The van der Waals surface area contributed by atoms with E-state index in [-0.39, 0.29) is 6.04 Å². The lowest BCUT2D eigenvalue weighted by atomic mass is 10.1. The van der Waals surface area contributed by atoms with Crippen LogP contribution in [0, 0.1) is 0 Å². The van der Waals surface area contributed by atoms with E-state index in [1.807, 2.05) is 31.2 Å². The minimum atomic E-state index is -0.574. The summed E-state index contributed by atoms with van der Waals surface area (Å²) in [5.74, 6) is 0. The number of hydrogen-bond donors (Lipinski definition) is 3. The number of nitrogens with one attached hydrogen (secondary N) is 2. The van der Waals surface area contributed by atoms with Crippen molar-refractivity contribution >= 4 is 17.4 Å². The average molecular weight is 245 g/mol. The van der Waals surface area contributed by atoms with Crippen molar-refractivity contribution in [2.45, 2.75) is 13.0 Å². The van der Waals surface area contributed by atoms with Crippen LogP contribution in [0.25, 0.3) is 0 Å². The molecule has 4 N–H and O–H groups in total. The number of urea groups is 1. The highest BCUT2D eigenvalue weighted by atomic mass is 16.3. The Balaban J connectivity index is 2.07. The first-order valence-corrected chi connectivity index (χ1v) is 5.60. The molecule has 2 rings (SSSR count). The fourth-order valence-corrected chi connectivity index (χ4v) is 1.68. The zero-order valence-electron chi connectivity index (χ0n) is 10.0. The lowest BCUT2D eigenvalue weighted by molar-refractivity contribution is 0.259. The zero-order valence-corrected chi connectivity index (χ0v) is 10.0. The van der Waals surface area contributed by atoms with Crippen molar-refractivity contribution in [1.82, 2.24) is 0 Å². The Morgan fingerprint density at radius 2 is 2.11 bits per heavy atom. The normalized spacial score (nSPS) is 11.8. The summed E-state index contributed by atoms with van der Waals surface area (Å²) in [5.41, 5.74) is 7.69. The molecule has 1 aromatic heterocycles. The molecular formula is C13H15N3O2. The molecule has 18 heavy (non-hydrogen) atoms. The molecule has 1 atom stereocenters. The first-order valence-electron chi connectivity index (χ1n) is 5.60. The van der Waals surface area contributed by atoms with E-state index in [1.54, 1.807) is 18.6 Å². The van der Waals surface area contributed by atoms with Crippen LogP contribution in [0.1, 0.15) is 18.5 Å². The van der Waals surface area contributed by atoms with E-state index in [2.05, 4.69) is 10.6 Å². The van der Waals surface area contributed by atoms with E-state index >= 15 is 0 Å². The highest BCUT2D eigenvalue weighted by Gasteiger charge is 2.06. The molecule has 0 radical (unpaired) electrons. The van der Waals surface area contributed by atoms with Gasteiger partial charge in [0, 0.05) is 16.9 Å². The smallest absolute Gasteiger partial charge is 0.316 e. The van der Waals surface area contributed by atoms with E-state index in [9.17, 15) is 4.79 Å². The van der Waals surface area contributed by atoms with Crippen LogP contribution in [0.4, 0.5) is 16.2 Å². The molecule has 0 aliphatic heterocycles. The Kier molecular flexibility index (Phi) is 3.52. The Morgan fingerprint density at radius 3 is 2.78 bits per heavy atom. The van der Waals surface area contributed by atoms with Crippen LogP contribution in [-0.4, -0.2) is 6.03 Å². The number of rotatable bonds is 4. The monoisotopic (exact) mass is 245 g/mol. The lowest BCUT2D eigenvalue weighted by Gasteiger charge is -2.14. The molecule has 1 heterocycles. The third-order valence-corrected chi connectivity index (χ3v) is 2.56. The first kappa shape index (κ1) is 12.0. The number of benzene rings is 1. The number of hydrogen-bond acceptors (Lipinski definition) is 3. The lowest BCUT2D eigenvalue weighted by Crippen LogP contribution is -2.19. The Labute approximate surface area is 105 Å². The predicted octanol–water partition coefficient (Wildman–Crippen LogP) is 2.94. The number of amides is 2. The van der Waals surface area contributed by atoms with Crippen molar-refractivity contribution in [3.05, 3.63) is 48.4 Å². The van der Waals surface area contributed by atoms with Crippen LogP contribution in [0.2, 0.25) is 0 Å². The standard InChI is InChI=1S/C13H15N3O2/c1-9(10-5-6-18-8-10)15-11-3-2-4-12(7-11)16-13(14)17/h2-9,15H,1H3,(H3,14,16,17). The van der Waals surface area contributed by atoms with Gasteiger partial charge in [-0.05, 0) is 31.2 Å². The van der Waals surface area contributed by atoms with Gasteiger partial charge in [0.1, 0.15) is 0 Å². The summed E-state index contributed by atoms with van der Waals surface area (Å²) in [4.78, 5) is 10.8. The number of carbonyl (C=O) groups excluding carboxylic acids is 1. The average Bonchev–Trinajstić information content (AvgIpc) is 2.81. The molecular weight excluding hydrogens is 230 g/mol. The summed E-state index contributed by atoms with van der Waals surface area (Å²) in [6, 6.07) is 8.81. The predicted molar refractivity (Wildman–Crippen MR) is 70.4 cm³/mol. The molecule has 0 saturated heterocycles. The van der Waals surface area contributed by atoms with Gasteiger partial charge < -0.3 is 20.8 Å². The van der Waals surface area contributed by atoms with E-state index < -0.39 is 6.03 Å². The number of carbonyl (C=O) groups is 1. The van der Waals surface area contributed by atoms with Gasteiger partial charge >= 0.3 is 6.03 Å². The minimum absolute atomic E-state index is 0.118. The summed E-state index contributed by atoms with van der Waals surface area (Å²) in [6.45, 7) is 2.03. The molecule has 0 spiro atoms. The van der Waals surface area contributed by atoms with Gasteiger partial charge in [-0.2, -0.15) is 0 Å². The van der Waals surface area contributed by atoms with Gasteiger partial charge in [0.2, 0.25) is 0 Å². The number of furan rings is 1. The topological polar surface area (TPSA) is 80.3 Å². The maximum absolute atomic E-state index is 10.8. The summed E-state index contributed by atoms with van der Waals surface area (Å²) < 4.78 is 5.04.